The van der Waals surface area contributed by atoms with Gasteiger partial charge in [0.2, 0.25) is 0 Å². The van der Waals surface area contributed by atoms with Crippen molar-refractivity contribution in [3.63, 3.8) is 0 Å². The van der Waals surface area contributed by atoms with Gasteiger partial charge < -0.3 is 20.5 Å². The number of amides is 2. The van der Waals surface area contributed by atoms with Crippen LogP contribution in [0.4, 0.5) is 4.79 Å². The normalized spacial score (nSPS) is 18.1. The van der Waals surface area contributed by atoms with Crippen LogP contribution in [-0.4, -0.2) is 49.3 Å². The Labute approximate surface area is 172 Å². The second-order valence-electron chi connectivity index (χ2n) is 7.61. The van der Waals surface area contributed by atoms with E-state index in [1.807, 2.05) is 24.3 Å². The van der Waals surface area contributed by atoms with Crippen molar-refractivity contribution in [2.24, 2.45) is 5.92 Å². The van der Waals surface area contributed by atoms with E-state index in [0.29, 0.717) is 23.8 Å². The Bertz CT molecular complexity index is 769. The van der Waals surface area contributed by atoms with Gasteiger partial charge in [-0.05, 0) is 48.6 Å². The smallest absolute Gasteiger partial charge is 0.314 e. The number of nitrogens with zero attached hydrogens (tertiary/aromatic N) is 1. The quantitative estimate of drug-likeness (QED) is 0.640. The highest BCUT2D eigenvalue weighted by Gasteiger charge is 2.20. The fourth-order valence-electron chi connectivity index (χ4n) is 3.76. The third-order valence-electron chi connectivity index (χ3n) is 5.34. The number of likely N-dealkylation sites (tertiary alicyclic amines) is 1. The molecule has 1 aliphatic rings. The molecule has 1 saturated heterocycles. The molecule has 3 rings (SSSR count). The zero-order valence-electron chi connectivity index (χ0n) is 17.0. The molecule has 0 saturated carbocycles. The van der Waals surface area contributed by atoms with Crippen LogP contribution in [0.15, 0.2) is 54.6 Å². The molecular weight excluding hydrogens is 366 g/mol. The summed E-state index contributed by atoms with van der Waals surface area (Å²) in [6.45, 7) is 3.85. The molecular formula is C23H31N3O3. The third kappa shape index (κ3) is 6.76. The number of urea groups is 1. The number of ether oxygens (including phenoxy) is 1. The second-order valence-corrected chi connectivity index (χ2v) is 7.61. The van der Waals surface area contributed by atoms with Gasteiger partial charge in [-0.3, -0.25) is 4.90 Å². The summed E-state index contributed by atoms with van der Waals surface area (Å²) in [6, 6.07) is 17.5. The van der Waals surface area contributed by atoms with Crippen LogP contribution in [0.25, 0.3) is 0 Å². The lowest BCUT2D eigenvalue weighted by atomic mass is 9.97. The lowest BCUT2D eigenvalue weighted by molar-refractivity contribution is 0.161. The van der Waals surface area contributed by atoms with E-state index in [1.165, 1.54) is 5.56 Å². The number of aliphatic hydroxyl groups is 1. The van der Waals surface area contributed by atoms with Crippen molar-refractivity contribution < 1.29 is 14.6 Å². The molecule has 1 aliphatic heterocycles. The van der Waals surface area contributed by atoms with E-state index in [4.69, 9.17) is 4.74 Å². The molecule has 29 heavy (non-hydrogen) atoms. The standard InChI is InChI=1S/C23H31N3O3/c1-29-21-11-5-10-20(13-21)22(27)15-25-23(28)24-14-19-9-6-12-26(17-19)16-18-7-3-2-4-8-18/h2-5,7-8,10-11,13,19,22,27H,6,9,12,14-17H2,1H3,(H2,24,25,28). The number of rotatable bonds is 8. The summed E-state index contributed by atoms with van der Waals surface area (Å²) in [5.41, 5.74) is 2.04. The topological polar surface area (TPSA) is 73.8 Å². The van der Waals surface area contributed by atoms with E-state index >= 15 is 0 Å². The average molecular weight is 398 g/mol. The van der Waals surface area contributed by atoms with Crippen molar-refractivity contribution >= 4 is 6.03 Å². The Kier molecular flexibility index (Phi) is 7.90. The Balaban J connectivity index is 1.38. The van der Waals surface area contributed by atoms with Crippen LogP contribution in [-0.2, 0) is 6.54 Å². The maximum atomic E-state index is 12.1. The predicted molar refractivity (Wildman–Crippen MR) is 114 cm³/mol. The highest BCUT2D eigenvalue weighted by atomic mass is 16.5. The maximum Gasteiger partial charge on any atom is 0.314 e. The zero-order valence-corrected chi connectivity index (χ0v) is 17.0. The highest BCUT2D eigenvalue weighted by Crippen LogP contribution is 2.19. The molecule has 2 aromatic rings. The molecule has 0 aromatic heterocycles. The van der Waals surface area contributed by atoms with Gasteiger partial charge in [-0.25, -0.2) is 4.79 Å². The molecule has 2 aromatic carbocycles. The predicted octanol–water partition coefficient (Wildman–Crippen LogP) is 2.94. The second kappa shape index (κ2) is 10.8. The molecule has 6 heteroatoms. The van der Waals surface area contributed by atoms with Gasteiger partial charge in [-0.1, -0.05) is 42.5 Å². The van der Waals surface area contributed by atoms with E-state index in [2.05, 4.69) is 39.8 Å². The molecule has 1 heterocycles. The fourth-order valence-corrected chi connectivity index (χ4v) is 3.76. The fraction of sp³-hybridized carbons (Fsp3) is 0.435. The average Bonchev–Trinajstić information content (AvgIpc) is 2.77. The van der Waals surface area contributed by atoms with Crippen LogP contribution in [0, 0.1) is 5.92 Å². The van der Waals surface area contributed by atoms with E-state index < -0.39 is 6.10 Å². The third-order valence-corrected chi connectivity index (χ3v) is 5.34. The van der Waals surface area contributed by atoms with Crippen LogP contribution < -0.4 is 15.4 Å². The summed E-state index contributed by atoms with van der Waals surface area (Å²) in [6.07, 6.45) is 1.50. The summed E-state index contributed by atoms with van der Waals surface area (Å²) < 4.78 is 5.17. The van der Waals surface area contributed by atoms with Gasteiger partial charge in [-0.15, -0.1) is 0 Å². The number of hydrogen-bond acceptors (Lipinski definition) is 4. The van der Waals surface area contributed by atoms with Gasteiger partial charge >= 0.3 is 6.03 Å². The van der Waals surface area contributed by atoms with Crippen LogP contribution in [0.2, 0.25) is 0 Å². The van der Waals surface area contributed by atoms with Gasteiger partial charge in [-0.2, -0.15) is 0 Å². The van der Waals surface area contributed by atoms with Crippen molar-refractivity contribution in [1.82, 2.24) is 15.5 Å². The number of methoxy groups -OCH3 is 1. The van der Waals surface area contributed by atoms with E-state index in [1.54, 1.807) is 13.2 Å². The van der Waals surface area contributed by atoms with Gasteiger partial charge in [0.1, 0.15) is 5.75 Å². The first-order valence-corrected chi connectivity index (χ1v) is 10.2. The Morgan fingerprint density at radius 2 is 2.03 bits per heavy atom. The molecule has 2 unspecified atom stereocenters. The molecule has 0 bridgehead atoms. The minimum Gasteiger partial charge on any atom is -0.497 e. The van der Waals surface area contributed by atoms with Crippen molar-refractivity contribution in [3.8, 4) is 5.75 Å². The molecule has 2 amide bonds. The summed E-state index contributed by atoms with van der Waals surface area (Å²) in [5, 5.41) is 16.0. The molecule has 0 aliphatic carbocycles. The van der Waals surface area contributed by atoms with Crippen LogP contribution in [0.3, 0.4) is 0 Å². The number of benzene rings is 2. The van der Waals surface area contributed by atoms with Gasteiger partial charge in [0, 0.05) is 26.2 Å². The molecule has 3 N–H and O–H groups in total. The zero-order chi connectivity index (χ0) is 20.5. The first kappa shape index (κ1) is 21.1. The molecule has 6 nitrogen and oxygen atoms in total. The first-order chi connectivity index (χ1) is 14.1. The monoisotopic (exact) mass is 397 g/mol. The maximum absolute atomic E-state index is 12.1. The first-order valence-electron chi connectivity index (χ1n) is 10.2. The number of carbonyl (C=O) groups is 1. The van der Waals surface area contributed by atoms with E-state index in [9.17, 15) is 9.90 Å². The van der Waals surface area contributed by atoms with E-state index in [-0.39, 0.29) is 12.6 Å². The van der Waals surface area contributed by atoms with Crippen molar-refractivity contribution in [2.75, 3.05) is 33.3 Å². The van der Waals surface area contributed by atoms with E-state index in [0.717, 1.165) is 32.5 Å². The van der Waals surface area contributed by atoms with Gasteiger partial charge in [0.25, 0.3) is 0 Å². The van der Waals surface area contributed by atoms with Crippen molar-refractivity contribution in [3.05, 3.63) is 65.7 Å². The largest absolute Gasteiger partial charge is 0.497 e. The SMILES string of the molecule is COc1cccc(C(O)CNC(=O)NCC2CCCN(Cc3ccccc3)C2)c1. The number of hydrogen-bond donors (Lipinski definition) is 3. The van der Waals surface area contributed by atoms with Crippen LogP contribution in [0.5, 0.6) is 5.75 Å². The molecule has 2 atom stereocenters. The summed E-state index contributed by atoms with van der Waals surface area (Å²) in [7, 11) is 1.59. The van der Waals surface area contributed by atoms with Crippen LogP contribution in [0.1, 0.15) is 30.1 Å². The minimum absolute atomic E-state index is 0.157. The summed E-state index contributed by atoms with van der Waals surface area (Å²) >= 11 is 0. The Morgan fingerprint density at radius 3 is 2.83 bits per heavy atom. The van der Waals surface area contributed by atoms with Crippen molar-refractivity contribution in [2.45, 2.75) is 25.5 Å². The lowest BCUT2D eigenvalue weighted by Crippen LogP contribution is -2.44. The lowest BCUT2D eigenvalue weighted by Gasteiger charge is -2.32. The minimum atomic E-state index is -0.771. The number of piperidine rings is 1. The summed E-state index contributed by atoms with van der Waals surface area (Å²) in [4.78, 5) is 14.6. The number of carbonyl (C=O) groups excluding carboxylic acids is 1. The Hall–Kier alpha value is -2.57. The van der Waals surface area contributed by atoms with Crippen LogP contribution >= 0.6 is 0 Å². The highest BCUT2D eigenvalue weighted by molar-refractivity contribution is 5.73. The van der Waals surface area contributed by atoms with Crippen molar-refractivity contribution in [1.29, 1.82) is 0 Å². The molecule has 156 valence electrons. The Morgan fingerprint density at radius 1 is 1.21 bits per heavy atom. The summed E-state index contributed by atoms with van der Waals surface area (Å²) in [5.74, 6) is 1.13. The molecule has 0 spiro atoms. The van der Waals surface area contributed by atoms with Gasteiger partial charge in [0.05, 0.1) is 13.2 Å². The molecule has 1 fully saturated rings. The number of aliphatic hydroxyl groups excluding tert-OH is 1. The number of nitrogens with one attached hydrogen (secondary N) is 2. The molecule has 0 radical (unpaired) electrons. The van der Waals surface area contributed by atoms with Gasteiger partial charge in [0.15, 0.2) is 0 Å².